The van der Waals surface area contributed by atoms with Crippen LogP contribution in [-0.2, 0) is 13.0 Å². The van der Waals surface area contributed by atoms with Gasteiger partial charge >= 0.3 is 0 Å². The largest absolute Gasteiger partial charge is 0.487 e. The van der Waals surface area contributed by atoms with E-state index in [9.17, 15) is 4.39 Å². The smallest absolute Gasteiger partial charge is 0.130 e. The molecule has 0 saturated heterocycles. The van der Waals surface area contributed by atoms with Crippen LogP contribution in [0.3, 0.4) is 0 Å². The molecule has 1 heterocycles. The van der Waals surface area contributed by atoms with Crippen molar-refractivity contribution in [3.63, 3.8) is 0 Å². The summed E-state index contributed by atoms with van der Waals surface area (Å²) in [5, 5.41) is 0. The zero-order valence-corrected chi connectivity index (χ0v) is 10.9. The topological polar surface area (TPSA) is 48.1 Å². The van der Waals surface area contributed by atoms with Crippen molar-refractivity contribution in [1.82, 2.24) is 4.98 Å². The summed E-state index contributed by atoms with van der Waals surface area (Å²) in [5.41, 5.74) is 8.26. The minimum absolute atomic E-state index is 0.273. The molecule has 100 valence electrons. The highest BCUT2D eigenvalue weighted by Gasteiger charge is 2.06. The first-order chi connectivity index (χ1) is 9.20. The van der Waals surface area contributed by atoms with Crippen molar-refractivity contribution < 1.29 is 9.13 Å². The van der Waals surface area contributed by atoms with E-state index in [4.69, 9.17) is 10.5 Å². The molecule has 0 atom stereocenters. The molecule has 0 amide bonds. The molecule has 0 aliphatic carbocycles. The molecule has 2 N–H and O–H groups in total. The van der Waals surface area contributed by atoms with Crippen LogP contribution < -0.4 is 10.5 Å². The van der Waals surface area contributed by atoms with Gasteiger partial charge in [-0.25, -0.2) is 4.39 Å². The Kier molecular flexibility index (Phi) is 4.47. The number of nitrogens with zero attached hydrogens (tertiary/aromatic N) is 1. The molecule has 4 heteroatoms. The van der Waals surface area contributed by atoms with Gasteiger partial charge in [-0.1, -0.05) is 6.07 Å². The number of halogens is 1. The lowest BCUT2D eigenvalue weighted by Gasteiger charge is -2.12. The molecule has 0 bridgehead atoms. The minimum atomic E-state index is -0.273. The zero-order chi connectivity index (χ0) is 13.7. The number of pyridine rings is 1. The number of aromatic nitrogens is 1. The number of ether oxygens (including phenoxy) is 1. The van der Waals surface area contributed by atoms with Crippen molar-refractivity contribution in [2.75, 3.05) is 6.54 Å². The number of rotatable bonds is 5. The van der Waals surface area contributed by atoms with Crippen molar-refractivity contribution >= 4 is 0 Å². The predicted molar refractivity (Wildman–Crippen MR) is 72.5 cm³/mol. The van der Waals surface area contributed by atoms with Crippen molar-refractivity contribution in [3.8, 4) is 5.75 Å². The van der Waals surface area contributed by atoms with Gasteiger partial charge in [0.1, 0.15) is 18.2 Å². The Morgan fingerprint density at radius 1 is 1.32 bits per heavy atom. The van der Waals surface area contributed by atoms with Crippen molar-refractivity contribution in [1.29, 1.82) is 0 Å². The van der Waals surface area contributed by atoms with Crippen LogP contribution in [0.2, 0.25) is 0 Å². The molecule has 2 aromatic rings. The summed E-state index contributed by atoms with van der Waals surface area (Å²) in [6, 6.07) is 8.36. The predicted octanol–water partition coefficient (Wildman–Crippen LogP) is 2.61. The van der Waals surface area contributed by atoms with Gasteiger partial charge < -0.3 is 10.5 Å². The molecule has 0 aliphatic heterocycles. The summed E-state index contributed by atoms with van der Waals surface area (Å²) in [4.78, 5) is 4.26. The Labute approximate surface area is 112 Å². The van der Waals surface area contributed by atoms with E-state index in [1.165, 1.54) is 12.1 Å². The fraction of sp³-hybridized carbons (Fsp3) is 0.267. The summed E-state index contributed by atoms with van der Waals surface area (Å²) in [6.07, 6.45) is 2.32. The number of aryl methyl sites for hydroxylation is 1. The Morgan fingerprint density at radius 3 is 2.89 bits per heavy atom. The molecule has 1 aromatic heterocycles. The highest BCUT2D eigenvalue weighted by Crippen LogP contribution is 2.21. The van der Waals surface area contributed by atoms with Crippen LogP contribution in [0.25, 0.3) is 0 Å². The van der Waals surface area contributed by atoms with E-state index in [1.54, 1.807) is 12.3 Å². The standard InChI is InChI=1S/C15H17FN2O/c1-11-3-2-8-18-14(11)10-19-15-5-4-13(16)9-12(15)6-7-17/h2-5,8-9H,6-7,10,17H2,1H3. The summed E-state index contributed by atoms with van der Waals surface area (Å²) >= 11 is 0. The van der Waals surface area contributed by atoms with E-state index in [-0.39, 0.29) is 5.82 Å². The third-order valence-electron chi connectivity index (χ3n) is 2.92. The van der Waals surface area contributed by atoms with Gasteiger partial charge in [0.15, 0.2) is 0 Å². The molecule has 0 aliphatic rings. The second kappa shape index (κ2) is 6.29. The third-order valence-corrected chi connectivity index (χ3v) is 2.92. The Morgan fingerprint density at radius 2 is 2.16 bits per heavy atom. The maximum atomic E-state index is 13.2. The molecule has 1 aromatic carbocycles. The average molecular weight is 260 g/mol. The molecule has 0 unspecified atom stereocenters. The maximum absolute atomic E-state index is 13.2. The third kappa shape index (κ3) is 3.51. The number of hydrogen-bond donors (Lipinski definition) is 1. The van der Waals surface area contributed by atoms with Crippen LogP contribution >= 0.6 is 0 Å². The van der Waals surface area contributed by atoms with Crippen LogP contribution in [0.5, 0.6) is 5.75 Å². The van der Waals surface area contributed by atoms with Crippen LogP contribution in [0.1, 0.15) is 16.8 Å². The van der Waals surface area contributed by atoms with Crippen molar-refractivity contribution in [3.05, 3.63) is 59.2 Å². The van der Waals surface area contributed by atoms with E-state index in [0.717, 1.165) is 16.8 Å². The highest BCUT2D eigenvalue weighted by atomic mass is 19.1. The van der Waals surface area contributed by atoms with Gasteiger partial charge in [0.05, 0.1) is 5.69 Å². The van der Waals surface area contributed by atoms with Crippen LogP contribution in [0.4, 0.5) is 4.39 Å². The second-order valence-electron chi connectivity index (χ2n) is 4.35. The van der Waals surface area contributed by atoms with E-state index in [2.05, 4.69) is 4.98 Å². The summed E-state index contributed by atoms with van der Waals surface area (Å²) in [5.74, 6) is 0.390. The molecule has 2 rings (SSSR count). The first kappa shape index (κ1) is 13.5. The molecular formula is C15H17FN2O. The van der Waals surface area contributed by atoms with Gasteiger partial charge in [-0.15, -0.1) is 0 Å². The quantitative estimate of drug-likeness (QED) is 0.899. The SMILES string of the molecule is Cc1cccnc1COc1ccc(F)cc1CCN. The van der Waals surface area contributed by atoms with E-state index in [1.807, 2.05) is 19.1 Å². The fourth-order valence-corrected chi connectivity index (χ4v) is 1.86. The highest BCUT2D eigenvalue weighted by molar-refractivity contribution is 5.34. The molecule has 0 fully saturated rings. The average Bonchev–Trinajstić information content (AvgIpc) is 2.40. The van der Waals surface area contributed by atoms with Crippen LogP contribution in [0.15, 0.2) is 36.5 Å². The monoisotopic (exact) mass is 260 g/mol. The molecule has 3 nitrogen and oxygen atoms in total. The number of hydrogen-bond acceptors (Lipinski definition) is 3. The van der Waals surface area contributed by atoms with E-state index < -0.39 is 0 Å². The molecule has 0 spiro atoms. The Bertz CT molecular complexity index is 558. The van der Waals surface area contributed by atoms with Crippen molar-refractivity contribution in [2.24, 2.45) is 5.73 Å². The first-order valence-electron chi connectivity index (χ1n) is 6.22. The normalized spacial score (nSPS) is 10.5. The Balaban J connectivity index is 2.13. The minimum Gasteiger partial charge on any atom is -0.487 e. The molecular weight excluding hydrogens is 243 g/mol. The zero-order valence-electron chi connectivity index (χ0n) is 10.9. The van der Waals surface area contributed by atoms with Gasteiger partial charge in [-0.3, -0.25) is 4.98 Å². The van der Waals surface area contributed by atoms with Gasteiger partial charge in [-0.2, -0.15) is 0 Å². The van der Waals surface area contributed by atoms with Crippen LogP contribution in [0, 0.1) is 12.7 Å². The number of nitrogens with two attached hydrogens (primary N) is 1. The van der Waals surface area contributed by atoms with E-state index >= 15 is 0 Å². The van der Waals surface area contributed by atoms with E-state index in [0.29, 0.717) is 25.3 Å². The van der Waals surface area contributed by atoms with Gasteiger partial charge in [0.25, 0.3) is 0 Å². The summed E-state index contributed by atoms with van der Waals surface area (Å²) in [6.45, 7) is 2.81. The molecule has 19 heavy (non-hydrogen) atoms. The van der Waals surface area contributed by atoms with Crippen molar-refractivity contribution in [2.45, 2.75) is 20.0 Å². The summed E-state index contributed by atoms with van der Waals surface area (Å²) < 4.78 is 18.9. The van der Waals surface area contributed by atoms with Gasteiger partial charge in [-0.05, 0) is 55.3 Å². The Hall–Kier alpha value is -1.94. The fourth-order valence-electron chi connectivity index (χ4n) is 1.86. The van der Waals surface area contributed by atoms with Gasteiger partial charge in [0.2, 0.25) is 0 Å². The lowest BCUT2D eigenvalue weighted by Crippen LogP contribution is -2.07. The lowest BCUT2D eigenvalue weighted by molar-refractivity contribution is 0.297. The van der Waals surface area contributed by atoms with Crippen LogP contribution in [-0.4, -0.2) is 11.5 Å². The molecule has 0 radical (unpaired) electrons. The first-order valence-corrected chi connectivity index (χ1v) is 6.22. The maximum Gasteiger partial charge on any atom is 0.130 e. The lowest BCUT2D eigenvalue weighted by atomic mass is 10.1. The summed E-state index contributed by atoms with van der Waals surface area (Å²) in [7, 11) is 0. The second-order valence-corrected chi connectivity index (χ2v) is 4.35. The van der Waals surface area contributed by atoms with Gasteiger partial charge in [0, 0.05) is 6.20 Å². The number of benzene rings is 1. The molecule has 0 saturated carbocycles.